The van der Waals surface area contributed by atoms with E-state index in [0.29, 0.717) is 18.9 Å². The number of carboxylic acid groups (broad SMARTS) is 1. The van der Waals surface area contributed by atoms with Gasteiger partial charge in [-0.15, -0.1) is 0 Å². The van der Waals surface area contributed by atoms with Gasteiger partial charge in [0.2, 0.25) is 0 Å². The lowest BCUT2D eigenvalue weighted by atomic mass is 10.2. The van der Waals surface area contributed by atoms with Gasteiger partial charge in [-0.3, -0.25) is 0 Å². The number of aromatic carboxylic acids is 1. The molecule has 0 aliphatic rings. The number of ether oxygens (including phenoxy) is 1. The van der Waals surface area contributed by atoms with E-state index in [4.69, 9.17) is 16.3 Å². The van der Waals surface area contributed by atoms with Crippen LogP contribution in [-0.4, -0.2) is 47.9 Å². The van der Waals surface area contributed by atoms with Gasteiger partial charge in [0.05, 0.1) is 0 Å². The molecule has 0 radical (unpaired) electrons. The van der Waals surface area contributed by atoms with Crippen LogP contribution in [0.15, 0.2) is 12.1 Å². The van der Waals surface area contributed by atoms with E-state index in [1.807, 2.05) is 20.8 Å². The van der Waals surface area contributed by atoms with Crippen molar-refractivity contribution in [2.45, 2.75) is 45.6 Å². The zero-order valence-electron chi connectivity index (χ0n) is 15.1. The lowest BCUT2D eigenvalue weighted by Gasteiger charge is -2.20. The molecule has 0 saturated carbocycles. The quantitative estimate of drug-likeness (QED) is 0.536. The number of alkyl carbamates (subject to hydrolysis) is 1. The van der Waals surface area contributed by atoms with E-state index in [1.165, 1.54) is 12.1 Å². The SMILES string of the molecule is CN(CCCCCNC(=O)OC(C)(C)C)c1nc(Cl)ccc1C(=O)O. The minimum absolute atomic E-state index is 0.124. The van der Waals surface area contributed by atoms with Crippen molar-refractivity contribution in [1.82, 2.24) is 10.3 Å². The summed E-state index contributed by atoms with van der Waals surface area (Å²) in [6, 6.07) is 2.92. The molecule has 8 heteroatoms. The van der Waals surface area contributed by atoms with Gasteiger partial charge in [-0.1, -0.05) is 11.6 Å². The maximum absolute atomic E-state index is 11.5. The summed E-state index contributed by atoms with van der Waals surface area (Å²) in [5.41, 5.74) is -0.378. The first-order valence-electron chi connectivity index (χ1n) is 8.18. The van der Waals surface area contributed by atoms with Gasteiger partial charge in [-0.2, -0.15) is 0 Å². The van der Waals surface area contributed by atoms with Crippen molar-refractivity contribution >= 4 is 29.5 Å². The number of pyridine rings is 1. The number of nitrogens with one attached hydrogen (secondary N) is 1. The van der Waals surface area contributed by atoms with E-state index in [9.17, 15) is 14.7 Å². The van der Waals surface area contributed by atoms with Crippen LogP contribution in [0.5, 0.6) is 0 Å². The topological polar surface area (TPSA) is 91.8 Å². The maximum Gasteiger partial charge on any atom is 0.407 e. The third kappa shape index (κ3) is 8.07. The lowest BCUT2D eigenvalue weighted by Crippen LogP contribution is -2.33. The Morgan fingerprint density at radius 3 is 2.56 bits per heavy atom. The number of rotatable bonds is 8. The molecule has 0 aliphatic heterocycles. The summed E-state index contributed by atoms with van der Waals surface area (Å²) in [6.07, 6.45) is 2.10. The van der Waals surface area contributed by atoms with Gasteiger partial charge >= 0.3 is 12.1 Å². The summed E-state index contributed by atoms with van der Waals surface area (Å²) in [5, 5.41) is 12.2. The molecule has 1 heterocycles. The first-order valence-corrected chi connectivity index (χ1v) is 8.56. The fraction of sp³-hybridized carbons (Fsp3) is 0.588. The van der Waals surface area contributed by atoms with Gasteiger partial charge in [0.1, 0.15) is 22.1 Å². The highest BCUT2D eigenvalue weighted by Gasteiger charge is 2.16. The first-order chi connectivity index (χ1) is 11.6. The van der Waals surface area contributed by atoms with Crippen molar-refractivity contribution in [3.63, 3.8) is 0 Å². The van der Waals surface area contributed by atoms with Gasteiger partial charge in [0.15, 0.2) is 0 Å². The third-order valence-electron chi connectivity index (χ3n) is 3.27. The number of carboxylic acids is 1. The van der Waals surface area contributed by atoms with E-state index >= 15 is 0 Å². The number of amides is 1. The van der Waals surface area contributed by atoms with Gasteiger partial charge in [0.25, 0.3) is 0 Å². The van der Waals surface area contributed by atoms with E-state index < -0.39 is 17.7 Å². The predicted molar refractivity (Wildman–Crippen MR) is 97.6 cm³/mol. The Kier molecular flexibility index (Phi) is 7.96. The Morgan fingerprint density at radius 1 is 1.28 bits per heavy atom. The zero-order chi connectivity index (χ0) is 19.0. The largest absolute Gasteiger partial charge is 0.478 e. The fourth-order valence-electron chi connectivity index (χ4n) is 2.14. The summed E-state index contributed by atoms with van der Waals surface area (Å²) in [5.74, 6) is -0.681. The Balaban J connectivity index is 2.34. The number of unbranched alkanes of at least 4 members (excludes halogenated alkanes) is 2. The molecule has 140 valence electrons. The van der Waals surface area contributed by atoms with Crippen LogP contribution in [0.3, 0.4) is 0 Å². The summed E-state index contributed by atoms with van der Waals surface area (Å²) >= 11 is 5.86. The summed E-state index contributed by atoms with van der Waals surface area (Å²) < 4.78 is 5.15. The molecular formula is C17H26ClN3O4. The van der Waals surface area contributed by atoms with E-state index in [1.54, 1.807) is 11.9 Å². The molecule has 1 amide bonds. The summed E-state index contributed by atoms with van der Waals surface area (Å²) in [6.45, 7) is 6.63. The summed E-state index contributed by atoms with van der Waals surface area (Å²) in [7, 11) is 1.78. The van der Waals surface area contributed by atoms with Gasteiger partial charge in [0, 0.05) is 20.1 Å². The molecule has 2 N–H and O–H groups in total. The molecule has 0 atom stereocenters. The molecule has 0 unspecified atom stereocenters. The maximum atomic E-state index is 11.5. The summed E-state index contributed by atoms with van der Waals surface area (Å²) in [4.78, 5) is 28.6. The van der Waals surface area contributed by atoms with Crippen LogP contribution in [-0.2, 0) is 4.74 Å². The molecule has 1 aromatic rings. The highest BCUT2D eigenvalue weighted by molar-refractivity contribution is 6.29. The van der Waals surface area contributed by atoms with Crippen LogP contribution in [0.25, 0.3) is 0 Å². The molecule has 7 nitrogen and oxygen atoms in total. The molecule has 0 bridgehead atoms. The lowest BCUT2D eigenvalue weighted by molar-refractivity contribution is 0.0526. The standard InChI is InChI=1S/C17H26ClN3O4/c1-17(2,3)25-16(24)19-10-6-5-7-11-21(4)14-12(15(22)23)8-9-13(18)20-14/h8-9H,5-7,10-11H2,1-4H3,(H,19,24)(H,22,23). The smallest absolute Gasteiger partial charge is 0.407 e. The van der Waals surface area contributed by atoms with Crippen LogP contribution >= 0.6 is 11.6 Å². The number of nitrogens with zero attached hydrogens (tertiary/aromatic N) is 2. The number of aromatic nitrogens is 1. The third-order valence-corrected chi connectivity index (χ3v) is 3.48. The number of anilines is 1. The number of hydrogen-bond acceptors (Lipinski definition) is 5. The number of carbonyl (C=O) groups excluding carboxylic acids is 1. The van der Waals surface area contributed by atoms with E-state index in [2.05, 4.69) is 10.3 Å². The van der Waals surface area contributed by atoms with E-state index in [0.717, 1.165) is 19.3 Å². The van der Waals surface area contributed by atoms with Crippen LogP contribution in [0.2, 0.25) is 5.15 Å². The molecule has 0 saturated heterocycles. The molecule has 0 aromatic carbocycles. The number of halogens is 1. The van der Waals surface area contributed by atoms with Crippen molar-refractivity contribution < 1.29 is 19.4 Å². The van der Waals surface area contributed by atoms with Crippen molar-refractivity contribution in [3.8, 4) is 0 Å². The molecule has 0 aliphatic carbocycles. The average molecular weight is 372 g/mol. The van der Waals surface area contributed by atoms with Crippen LogP contribution in [0, 0.1) is 0 Å². The zero-order valence-corrected chi connectivity index (χ0v) is 15.9. The number of carbonyl (C=O) groups is 2. The fourth-order valence-corrected chi connectivity index (χ4v) is 2.29. The second-order valence-corrected chi connectivity index (χ2v) is 7.11. The van der Waals surface area contributed by atoms with Crippen molar-refractivity contribution in [2.24, 2.45) is 0 Å². The Labute approximate surface area is 153 Å². The molecule has 0 spiro atoms. The van der Waals surface area contributed by atoms with Crippen molar-refractivity contribution in [3.05, 3.63) is 22.8 Å². The highest BCUT2D eigenvalue weighted by Crippen LogP contribution is 2.20. The van der Waals surface area contributed by atoms with Crippen LogP contribution < -0.4 is 10.2 Å². The average Bonchev–Trinajstić information content (AvgIpc) is 2.48. The highest BCUT2D eigenvalue weighted by atomic mass is 35.5. The Morgan fingerprint density at radius 2 is 1.96 bits per heavy atom. The minimum Gasteiger partial charge on any atom is -0.478 e. The van der Waals surface area contributed by atoms with Gasteiger partial charge < -0.3 is 20.1 Å². The Bertz CT molecular complexity index is 602. The molecule has 1 aromatic heterocycles. The van der Waals surface area contributed by atoms with Crippen molar-refractivity contribution in [2.75, 3.05) is 25.0 Å². The van der Waals surface area contributed by atoms with Gasteiger partial charge in [-0.25, -0.2) is 14.6 Å². The normalized spacial score (nSPS) is 11.1. The van der Waals surface area contributed by atoms with Crippen molar-refractivity contribution in [1.29, 1.82) is 0 Å². The monoisotopic (exact) mass is 371 g/mol. The Hall–Kier alpha value is -2.02. The van der Waals surface area contributed by atoms with Crippen LogP contribution in [0.1, 0.15) is 50.4 Å². The van der Waals surface area contributed by atoms with E-state index in [-0.39, 0.29) is 10.7 Å². The number of hydrogen-bond donors (Lipinski definition) is 2. The second kappa shape index (κ2) is 9.46. The molecule has 25 heavy (non-hydrogen) atoms. The van der Waals surface area contributed by atoms with Gasteiger partial charge in [-0.05, 0) is 52.2 Å². The molecule has 0 fully saturated rings. The molecule has 1 rings (SSSR count). The first kappa shape index (κ1) is 21.0. The second-order valence-electron chi connectivity index (χ2n) is 6.72. The minimum atomic E-state index is -1.03. The molecular weight excluding hydrogens is 346 g/mol. The predicted octanol–water partition coefficient (Wildman–Crippen LogP) is 3.56. The van der Waals surface area contributed by atoms with Crippen LogP contribution in [0.4, 0.5) is 10.6 Å².